The Morgan fingerprint density at radius 3 is 2.47 bits per heavy atom. The van der Waals surface area contributed by atoms with E-state index in [0.717, 1.165) is 26.2 Å². The molecule has 5 nitrogen and oxygen atoms in total. The summed E-state index contributed by atoms with van der Waals surface area (Å²) in [6.45, 7) is 8.18. The van der Waals surface area contributed by atoms with Crippen molar-refractivity contribution in [1.29, 1.82) is 0 Å². The molecule has 0 aliphatic carbocycles. The number of piperazine rings is 1. The molecular formula is C12H24N2O3. The predicted octanol–water partition coefficient (Wildman–Crippen LogP) is 0.250. The minimum absolute atomic E-state index is 0.161. The van der Waals surface area contributed by atoms with Crippen LogP contribution in [-0.4, -0.2) is 62.9 Å². The largest absolute Gasteiger partial charge is 0.465 e. The van der Waals surface area contributed by atoms with E-state index in [1.165, 1.54) is 0 Å². The highest BCUT2D eigenvalue weighted by Crippen LogP contribution is 2.23. The maximum Gasteiger partial charge on any atom is 0.328 e. The molecule has 1 heterocycles. The Balaban J connectivity index is 2.84. The SMILES string of the molecule is CCOC(=O)C(CC)(COC)N1CCNCC1. The van der Waals surface area contributed by atoms with E-state index in [1.807, 2.05) is 13.8 Å². The number of hydrogen-bond donors (Lipinski definition) is 1. The van der Waals surface area contributed by atoms with Gasteiger partial charge in [0.1, 0.15) is 5.54 Å². The summed E-state index contributed by atoms with van der Waals surface area (Å²) >= 11 is 0. The van der Waals surface area contributed by atoms with Crippen LogP contribution < -0.4 is 5.32 Å². The summed E-state index contributed by atoms with van der Waals surface area (Å²) in [6, 6.07) is 0. The van der Waals surface area contributed by atoms with Crippen molar-refractivity contribution in [2.75, 3.05) is 46.5 Å². The van der Waals surface area contributed by atoms with Gasteiger partial charge < -0.3 is 14.8 Å². The van der Waals surface area contributed by atoms with Crippen LogP contribution in [-0.2, 0) is 14.3 Å². The van der Waals surface area contributed by atoms with Crippen LogP contribution in [0.1, 0.15) is 20.3 Å². The second kappa shape index (κ2) is 6.93. The highest BCUT2D eigenvalue weighted by atomic mass is 16.5. The molecule has 1 fully saturated rings. The van der Waals surface area contributed by atoms with Crippen molar-refractivity contribution in [2.45, 2.75) is 25.8 Å². The highest BCUT2D eigenvalue weighted by molar-refractivity contribution is 5.81. The number of esters is 1. The molecule has 0 amide bonds. The number of methoxy groups -OCH3 is 1. The first-order valence-corrected chi connectivity index (χ1v) is 6.33. The van der Waals surface area contributed by atoms with Crippen LogP contribution in [0, 0.1) is 0 Å². The van der Waals surface area contributed by atoms with Crippen LogP contribution in [0.2, 0.25) is 0 Å². The third-order valence-electron chi connectivity index (χ3n) is 3.35. The predicted molar refractivity (Wildman–Crippen MR) is 66.0 cm³/mol. The van der Waals surface area contributed by atoms with E-state index in [4.69, 9.17) is 9.47 Å². The Morgan fingerprint density at radius 1 is 1.35 bits per heavy atom. The van der Waals surface area contributed by atoms with Gasteiger partial charge in [-0.05, 0) is 13.3 Å². The van der Waals surface area contributed by atoms with Gasteiger partial charge in [0.2, 0.25) is 0 Å². The highest BCUT2D eigenvalue weighted by Gasteiger charge is 2.44. The second-order valence-corrected chi connectivity index (χ2v) is 4.28. The monoisotopic (exact) mass is 244 g/mol. The van der Waals surface area contributed by atoms with Gasteiger partial charge in [0.05, 0.1) is 13.2 Å². The lowest BCUT2D eigenvalue weighted by atomic mass is 9.94. The van der Waals surface area contributed by atoms with Crippen LogP contribution in [0.3, 0.4) is 0 Å². The van der Waals surface area contributed by atoms with Crippen LogP contribution in [0.5, 0.6) is 0 Å². The topological polar surface area (TPSA) is 50.8 Å². The third kappa shape index (κ3) is 3.18. The van der Waals surface area contributed by atoms with E-state index in [1.54, 1.807) is 7.11 Å². The number of nitrogens with one attached hydrogen (secondary N) is 1. The first kappa shape index (κ1) is 14.4. The van der Waals surface area contributed by atoms with Gasteiger partial charge in [0.15, 0.2) is 0 Å². The molecule has 0 aromatic rings. The van der Waals surface area contributed by atoms with Gasteiger partial charge in [-0.2, -0.15) is 0 Å². The molecule has 0 saturated carbocycles. The van der Waals surface area contributed by atoms with Crippen LogP contribution in [0.15, 0.2) is 0 Å². The van der Waals surface area contributed by atoms with Crippen molar-refractivity contribution in [1.82, 2.24) is 10.2 Å². The smallest absolute Gasteiger partial charge is 0.328 e. The Hall–Kier alpha value is -0.650. The molecule has 1 aliphatic rings. The fraction of sp³-hybridized carbons (Fsp3) is 0.917. The van der Waals surface area contributed by atoms with Gasteiger partial charge in [-0.1, -0.05) is 6.92 Å². The van der Waals surface area contributed by atoms with Crippen molar-refractivity contribution < 1.29 is 14.3 Å². The molecule has 0 aromatic carbocycles. The maximum atomic E-state index is 12.2. The Morgan fingerprint density at radius 2 is 2.00 bits per heavy atom. The minimum atomic E-state index is -0.618. The summed E-state index contributed by atoms with van der Waals surface area (Å²) in [7, 11) is 1.63. The van der Waals surface area contributed by atoms with Crippen molar-refractivity contribution in [3.05, 3.63) is 0 Å². The second-order valence-electron chi connectivity index (χ2n) is 4.28. The van der Waals surface area contributed by atoms with Crippen molar-refractivity contribution in [3.8, 4) is 0 Å². The zero-order chi connectivity index (χ0) is 12.7. The quantitative estimate of drug-likeness (QED) is 0.679. The van der Waals surface area contributed by atoms with Crippen molar-refractivity contribution in [2.24, 2.45) is 0 Å². The van der Waals surface area contributed by atoms with Gasteiger partial charge in [-0.25, -0.2) is 4.79 Å². The normalized spacial score (nSPS) is 20.9. The van der Waals surface area contributed by atoms with Gasteiger partial charge in [0, 0.05) is 33.3 Å². The van der Waals surface area contributed by atoms with Gasteiger partial charge in [0.25, 0.3) is 0 Å². The fourth-order valence-electron chi connectivity index (χ4n) is 2.35. The summed E-state index contributed by atoms with van der Waals surface area (Å²) < 4.78 is 10.5. The third-order valence-corrected chi connectivity index (χ3v) is 3.35. The molecule has 1 saturated heterocycles. The molecule has 17 heavy (non-hydrogen) atoms. The Kier molecular flexibility index (Phi) is 5.88. The number of carbonyl (C=O) groups is 1. The standard InChI is InChI=1S/C12H24N2O3/c1-4-12(10-16-3,11(15)17-5-2)14-8-6-13-7-9-14/h13H,4-10H2,1-3H3. The zero-order valence-corrected chi connectivity index (χ0v) is 11.1. The molecule has 1 rings (SSSR count). The molecule has 0 bridgehead atoms. The Bertz CT molecular complexity index is 242. The molecule has 1 N–H and O–H groups in total. The number of carbonyl (C=O) groups excluding carboxylic acids is 1. The first-order chi connectivity index (χ1) is 8.21. The fourth-order valence-corrected chi connectivity index (χ4v) is 2.35. The summed E-state index contributed by atoms with van der Waals surface area (Å²) in [5, 5.41) is 3.29. The Labute approximate surface area is 103 Å². The average Bonchev–Trinajstić information content (AvgIpc) is 2.37. The van der Waals surface area contributed by atoms with Crippen molar-refractivity contribution >= 4 is 5.97 Å². The molecule has 0 radical (unpaired) electrons. The molecule has 0 spiro atoms. The van der Waals surface area contributed by atoms with E-state index in [0.29, 0.717) is 19.6 Å². The van der Waals surface area contributed by atoms with Gasteiger partial charge in [-0.15, -0.1) is 0 Å². The summed E-state index contributed by atoms with van der Waals surface area (Å²) in [6.07, 6.45) is 0.708. The minimum Gasteiger partial charge on any atom is -0.465 e. The van der Waals surface area contributed by atoms with Crippen LogP contribution >= 0.6 is 0 Å². The zero-order valence-electron chi connectivity index (χ0n) is 11.1. The van der Waals surface area contributed by atoms with Crippen LogP contribution in [0.4, 0.5) is 0 Å². The molecule has 5 heteroatoms. The molecule has 0 aromatic heterocycles. The van der Waals surface area contributed by atoms with E-state index >= 15 is 0 Å². The first-order valence-electron chi connectivity index (χ1n) is 6.33. The van der Waals surface area contributed by atoms with Gasteiger partial charge in [-0.3, -0.25) is 4.90 Å². The molecule has 1 aliphatic heterocycles. The number of ether oxygens (including phenoxy) is 2. The average molecular weight is 244 g/mol. The number of nitrogens with zero attached hydrogens (tertiary/aromatic N) is 1. The molecule has 1 unspecified atom stereocenters. The number of rotatable bonds is 6. The maximum absolute atomic E-state index is 12.2. The van der Waals surface area contributed by atoms with Crippen molar-refractivity contribution in [3.63, 3.8) is 0 Å². The van der Waals surface area contributed by atoms with Crippen LogP contribution in [0.25, 0.3) is 0 Å². The lowest BCUT2D eigenvalue weighted by Gasteiger charge is -2.42. The molecule has 1 atom stereocenters. The van der Waals surface area contributed by atoms with Gasteiger partial charge >= 0.3 is 5.97 Å². The lowest BCUT2D eigenvalue weighted by Crippen LogP contribution is -2.62. The number of hydrogen-bond acceptors (Lipinski definition) is 5. The van der Waals surface area contributed by atoms with E-state index in [-0.39, 0.29) is 5.97 Å². The summed E-state index contributed by atoms with van der Waals surface area (Å²) in [5.74, 6) is -0.161. The lowest BCUT2D eigenvalue weighted by molar-refractivity contribution is -0.163. The molecule has 100 valence electrons. The summed E-state index contributed by atoms with van der Waals surface area (Å²) in [5.41, 5.74) is -0.618. The van der Waals surface area contributed by atoms with E-state index in [2.05, 4.69) is 10.2 Å². The molecular weight excluding hydrogens is 220 g/mol. The van der Waals surface area contributed by atoms with E-state index in [9.17, 15) is 4.79 Å². The van der Waals surface area contributed by atoms with E-state index < -0.39 is 5.54 Å². The summed E-state index contributed by atoms with van der Waals surface area (Å²) in [4.78, 5) is 14.4.